The Labute approximate surface area is 185 Å². The van der Waals surface area contributed by atoms with Gasteiger partial charge in [0, 0.05) is 11.0 Å². The van der Waals surface area contributed by atoms with Crippen LogP contribution in [0.5, 0.6) is 5.75 Å². The van der Waals surface area contributed by atoms with E-state index >= 15 is 0 Å². The Morgan fingerprint density at radius 1 is 0.781 bits per heavy atom. The standard InChI is InChI=1S/C15H22F6O7S4/c1-26-12-8-6-11(7-9-12)13(30(4,5)28-32(24,25)15(19,20)21)10-29(2,3)27-31(22,23)14(16,17)18/h6-9,13H,10H2,1-5H3. The van der Waals surface area contributed by atoms with Crippen LogP contribution in [0.1, 0.15) is 10.8 Å². The summed E-state index contributed by atoms with van der Waals surface area (Å²) in [5.41, 5.74) is -11.3. The van der Waals surface area contributed by atoms with Crippen LogP contribution in [0.25, 0.3) is 0 Å². The van der Waals surface area contributed by atoms with Gasteiger partial charge < -0.3 is 4.74 Å². The van der Waals surface area contributed by atoms with Crippen LogP contribution < -0.4 is 4.74 Å². The molecule has 32 heavy (non-hydrogen) atoms. The van der Waals surface area contributed by atoms with E-state index in [9.17, 15) is 43.2 Å². The number of rotatable bonds is 9. The highest BCUT2D eigenvalue weighted by Gasteiger charge is 2.52. The smallest absolute Gasteiger partial charge is 0.497 e. The van der Waals surface area contributed by atoms with E-state index < -0.39 is 62.9 Å². The van der Waals surface area contributed by atoms with Crippen molar-refractivity contribution in [1.29, 1.82) is 0 Å². The number of hydrogen-bond donors (Lipinski definition) is 0. The van der Waals surface area contributed by atoms with E-state index in [0.717, 1.165) is 25.0 Å². The first-order chi connectivity index (χ1) is 14.0. The molecule has 190 valence electrons. The molecule has 0 N–H and O–H groups in total. The number of methoxy groups -OCH3 is 1. The minimum atomic E-state index is -6.05. The predicted octanol–water partition coefficient (Wildman–Crippen LogP) is 4.43. The third-order valence-electron chi connectivity index (χ3n) is 3.83. The van der Waals surface area contributed by atoms with Crippen LogP contribution >= 0.6 is 20.6 Å². The van der Waals surface area contributed by atoms with Crippen molar-refractivity contribution in [1.82, 2.24) is 0 Å². The molecule has 0 aliphatic rings. The lowest BCUT2D eigenvalue weighted by molar-refractivity contribution is -0.0501. The average molecular weight is 557 g/mol. The molecule has 1 unspecified atom stereocenters. The minimum absolute atomic E-state index is 0.191. The van der Waals surface area contributed by atoms with Gasteiger partial charge in [-0.1, -0.05) is 12.1 Å². The van der Waals surface area contributed by atoms with Crippen molar-refractivity contribution in [2.75, 3.05) is 37.9 Å². The molecular formula is C15H22F6O7S4. The summed E-state index contributed by atoms with van der Waals surface area (Å²) >= 11 is 0. The molecule has 0 amide bonds. The summed E-state index contributed by atoms with van der Waals surface area (Å²) in [5.74, 6) is -0.212. The molecule has 0 aliphatic heterocycles. The van der Waals surface area contributed by atoms with E-state index in [1.54, 1.807) is 0 Å². The summed E-state index contributed by atoms with van der Waals surface area (Å²) in [4.78, 5) is 0. The third kappa shape index (κ3) is 7.31. The van der Waals surface area contributed by atoms with Crippen LogP contribution in [-0.4, -0.2) is 65.7 Å². The molecule has 0 fully saturated rings. The van der Waals surface area contributed by atoms with E-state index in [4.69, 9.17) is 4.74 Å². The number of hydrogen-bond acceptors (Lipinski definition) is 7. The summed E-state index contributed by atoms with van der Waals surface area (Å²) in [5, 5.41) is -1.25. The summed E-state index contributed by atoms with van der Waals surface area (Å²) < 4.78 is 137. The van der Waals surface area contributed by atoms with Crippen LogP contribution in [0.3, 0.4) is 0 Å². The Morgan fingerprint density at radius 2 is 1.19 bits per heavy atom. The molecule has 1 atom stereocenters. The van der Waals surface area contributed by atoms with Crippen molar-refractivity contribution in [3.05, 3.63) is 29.8 Å². The van der Waals surface area contributed by atoms with E-state index in [2.05, 4.69) is 7.26 Å². The van der Waals surface area contributed by atoms with Crippen molar-refractivity contribution in [3.8, 4) is 5.75 Å². The maximum atomic E-state index is 12.9. The highest BCUT2D eigenvalue weighted by Crippen LogP contribution is 2.63. The number of ether oxygens (including phenoxy) is 1. The monoisotopic (exact) mass is 556 g/mol. The molecular weight excluding hydrogens is 534 g/mol. The Morgan fingerprint density at radius 3 is 1.56 bits per heavy atom. The molecule has 17 heteroatoms. The van der Waals surface area contributed by atoms with Gasteiger partial charge in [0.2, 0.25) is 0 Å². The molecule has 0 aliphatic carbocycles. The molecule has 0 saturated heterocycles. The summed E-state index contributed by atoms with van der Waals surface area (Å²) in [6.07, 6.45) is 4.25. The fourth-order valence-corrected chi connectivity index (χ4v) is 11.4. The second-order valence-corrected chi connectivity index (χ2v) is 17.3. The normalized spacial score (nSPS) is 16.5. The number of benzene rings is 1. The molecule has 0 heterocycles. The lowest BCUT2D eigenvalue weighted by Gasteiger charge is -2.43. The van der Waals surface area contributed by atoms with E-state index in [-0.39, 0.29) is 5.56 Å². The fourth-order valence-electron chi connectivity index (χ4n) is 2.40. The lowest BCUT2D eigenvalue weighted by Crippen LogP contribution is -2.31. The van der Waals surface area contributed by atoms with Gasteiger partial charge in [-0.15, -0.1) is 20.6 Å². The zero-order chi connectivity index (χ0) is 25.4. The first kappa shape index (κ1) is 29.2. The molecule has 7 nitrogen and oxygen atoms in total. The van der Waals surface area contributed by atoms with Crippen molar-refractivity contribution >= 4 is 40.9 Å². The minimum Gasteiger partial charge on any atom is -0.497 e. The maximum absolute atomic E-state index is 12.9. The molecule has 1 aromatic carbocycles. The van der Waals surface area contributed by atoms with Gasteiger partial charge in [0.15, 0.2) is 0 Å². The summed E-state index contributed by atoms with van der Waals surface area (Å²) in [6.45, 7) is 0. The van der Waals surface area contributed by atoms with Gasteiger partial charge in [-0.3, -0.25) is 0 Å². The molecule has 0 saturated carbocycles. The Bertz CT molecular complexity index is 1000. The van der Waals surface area contributed by atoms with E-state index in [1.807, 2.05) is 0 Å². The molecule has 0 aromatic heterocycles. The quantitative estimate of drug-likeness (QED) is 0.328. The van der Waals surface area contributed by atoms with Crippen molar-refractivity contribution in [2.24, 2.45) is 0 Å². The Kier molecular flexibility index (Phi) is 8.57. The number of halogens is 6. The van der Waals surface area contributed by atoms with Gasteiger partial charge in [0.1, 0.15) is 5.75 Å². The molecule has 1 aromatic rings. The Hall–Kier alpha value is -0.880. The van der Waals surface area contributed by atoms with Crippen LogP contribution in [0.4, 0.5) is 26.3 Å². The van der Waals surface area contributed by atoms with Crippen molar-refractivity contribution in [3.63, 3.8) is 0 Å². The summed E-state index contributed by atoms with van der Waals surface area (Å²) in [7, 11) is -17.1. The van der Waals surface area contributed by atoms with Gasteiger partial charge in [-0.2, -0.15) is 43.2 Å². The van der Waals surface area contributed by atoms with Crippen LogP contribution in [0, 0.1) is 0 Å². The average Bonchev–Trinajstić information content (AvgIpc) is 2.56. The highest BCUT2D eigenvalue weighted by atomic mass is 32.3. The largest absolute Gasteiger partial charge is 0.523 e. The van der Waals surface area contributed by atoms with Crippen LogP contribution in [0.2, 0.25) is 0 Å². The molecule has 1 rings (SSSR count). The second kappa shape index (κ2) is 9.40. The van der Waals surface area contributed by atoms with Gasteiger partial charge in [0.05, 0.1) is 7.11 Å². The number of alkyl halides is 6. The van der Waals surface area contributed by atoms with Crippen LogP contribution in [-0.2, 0) is 27.5 Å². The predicted molar refractivity (Wildman–Crippen MR) is 112 cm³/mol. The van der Waals surface area contributed by atoms with E-state index in [1.165, 1.54) is 31.4 Å². The zero-order valence-electron chi connectivity index (χ0n) is 17.4. The third-order valence-corrected chi connectivity index (χ3v) is 12.4. The second-order valence-electron chi connectivity index (χ2n) is 7.11. The first-order valence-corrected chi connectivity index (χ1v) is 16.0. The Balaban J connectivity index is 3.47. The van der Waals surface area contributed by atoms with Gasteiger partial charge >= 0.3 is 31.3 Å². The maximum Gasteiger partial charge on any atom is 0.523 e. The van der Waals surface area contributed by atoms with Gasteiger partial charge in [0.25, 0.3) is 0 Å². The summed E-state index contributed by atoms with van der Waals surface area (Å²) in [6, 6.07) is 5.50. The van der Waals surface area contributed by atoms with Crippen molar-refractivity contribution in [2.45, 2.75) is 16.3 Å². The van der Waals surface area contributed by atoms with Crippen LogP contribution in [0.15, 0.2) is 24.3 Å². The zero-order valence-corrected chi connectivity index (χ0v) is 20.6. The first-order valence-electron chi connectivity index (χ1n) is 8.16. The van der Waals surface area contributed by atoms with Crippen molar-refractivity contribution < 1.29 is 55.2 Å². The van der Waals surface area contributed by atoms with E-state index in [0.29, 0.717) is 5.75 Å². The fraction of sp³-hybridized carbons (Fsp3) is 0.600. The SMILES string of the molecule is COc1ccc(C(CS(C)(C)OS(=O)(=O)C(F)(F)F)S(C)(C)OS(=O)(=O)C(F)(F)F)cc1. The molecule has 0 bridgehead atoms. The highest BCUT2D eigenvalue weighted by molar-refractivity contribution is 8.35. The molecule has 0 spiro atoms. The molecule has 0 radical (unpaired) electrons. The van der Waals surface area contributed by atoms with Gasteiger partial charge in [-0.25, -0.2) is 7.26 Å². The lowest BCUT2D eigenvalue weighted by atomic mass is 10.1. The topological polar surface area (TPSA) is 96.0 Å². The van der Waals surface area contributed by atoms with Gasteiger partial charge in [-0.05, 0) is 42.7 Å².